The van der Waals surface area contributed by atoms with E-state index in [4.69, 9.17) is 9.47 Å². The highest BCUT2D eigenvalue weighted by molar-refractivity contribution is 5.61. The van der Waals surface area contributed by atoms with Gasteiger partial charge in [-0.3, -0.25) is 0 Å². The quantitative estimate of drug-likeness (QED) is 0.807. The standard InChI is InChI=1S/C12H17NO2/c1-8-4-9-5-11(14-2)12(15-3)6-10(9)13-7-8/h5-6,8,13H,4,7H2,1-3H3. The molecule has 2 rings (SSSR count). The van der Waals surface area contributed by atoms with Gasteiger partial charge in [-0.1, -0.05) is 6.92 Å². The van der Waals surface area contributed by atoms with Crippen LogP contribution in [0.15, 0.2) is 12.1 Å². The molecule has 0 spiro atoms. The number of methoxy groups -OCH3 is 2. The molecule has 1 N–H and O–H groups in total. The summed E-state index contributed by atoms with van der Waals surface area (Å²) in [5, 5.41) is 3.40. The molecule has 1 aromatic carbocycles. The molecular weight excluding hydrogens is 190 g/mol. The lowest BCUT2D eigenvalue weighted by molar-refractivity contribution is 0.354. The number of benzene rings is 1. The summed E-state index contributed by atoms with van der Waals surface area (Å²) in [5.74, 6) is 2.28. The summed E-state index contributed by atoms with van der Waals surface area (Å²) < 4.78 is 10.5. The third-order valence-corrected chi connectivity index (χ3v) is 2.82. The number of hydrogen-bond acceptors (Lipinski definition) is 3. The van der Waals surface area contributed by atoms with Crippen molar-refractivity contribution in [1.82, 2.24) is 0 Å². The number of hydrogen-bond donors (Lipinski definition) is 1. The monoisotopic (exact) mass is 207 g/mol. The van der Waals surface area contributed by atoms with Gasteiger partial charge in [0.15, 0.2) is 11.5 Å². The average Bonchev–Trinajstić information content (AvgIpc) is 2.27. The maximum Gasteiger partial charge on any atom is 0.162 e. The molecule has 1 aliphatic rings. The van der Waals surface area contributed by atoms with Gasteiger partial charge in [0, 0.05) is 18.3 Å². The zero-order valence-electron chi connectivity index (χ0n) is 9.46. The SMILES string of the molecule is COc1cc2c(cc1OC)NCC(C)C2. The van der Waals surface area contributed by atoms with E-state index in [1.54, 1.807) is 14.2 Å². The van der Waals surface area contributed by atoms with E-state index in [9.17, 15) is 0 Å². The van der Waals surface area contributed by atoms with E-state index in [1.807, 2.05) is 6.07 Å². The van der Waals surface area contributed by atoms with Crippen LogP contribution in [0.3, 0.4) is 0 Å². The van der Waals surface area contributed by atoms with Crippen molar-refractivity contribution < 1.29 is 9.47 Å². The predicted octanol–water partition coefficient (Wildman–Crippen LogP) is 2.31. The molecule has 1 atom stereocenters. The molecule has 1 unspecified atom stereocenters. The van der Waals surface area contributed by atoms with Gasteiger partial charge in [-0.2, -0.15) is 0 Å². The smallest absolute Gasteiger partial charge is 0.162 e. The lowest BCUT2D eigenvalue weighted by Gasteiger charge is -2.24. The lowest BCUT2D eigenvalue weighted by atomic mass is 9.95. The fourth-order valence-electron chi connectivity index (χ4n) is 1.99. The molecule has 1 aromatic rings. The Kier molecular flexibility index (Phi) is 2.71. The highest BCUT2D eigenvalue weighted by atomic mass is 16.5. The van der Waals surface area contributed by atoms with Gasteiger partial charge in [0.2, 0.25) is 0 Å². The van der Waals surface area contributed by atoms with Crippen LogP contribution in [0.25, 0.3) is 0 Å². The second kappa shape index (κ2) is 4.01. The fraction of sp³-hybridized carbons (Fsp3) is 0.500. The van der Waals surface area contributed by atoms with Crippen molar-refractivity contribution in [3.05, 3.63) is 17.7 Å². The zero-order valence-corrected chi connectivity index (χ0v) is 9.46. The summed E-state index contributed by atoms with van der Waals surface area (Å²) in [6, 6.07) is 4.08. The molecule has 15 heavy (non-hydrogen) atoms. The number of rotatable bonds is 2. The number of fused-ring (bicyclic) bond motifs is 1. The predicted molar refractivity (Wildman–Crippen MR) is 60.9 cm³/mol. The van der Waals surface area contributed by atoms with Crippen LogP contribution in [0.2, 0.25) is 0 Å². The van der Waals surface area contributed by atoms with E-state index in [0.29, 0.717) is 5.92 Å². The maximum absolute atomic E-state index is 5.28. The first kappa shape index (κ1) is 10.1. The molecule has 0 saturated heterocycles. The lowest BCUT2D eigenvalue weighted by Crippen LogP contribution is -2.20. The van der Waals surface area contributed by atoms with Crippen molar-refractivity contribution in [3.63, 3.8) is 0 Å². The minimum atomic E-state index is 0.676. The molecular formula is C12H17NO2. The Bertz CT molecular complexity index is 363. The first-order valence-electron chi connectivity index (χ1n) is 5.23. The van der Waals surface area contributed by atoms with Crippen molar-refractivity contribution in [1.29, 1.82) is 0 Å². The third-order valence-electron chi connectivity index (χ3n) is 2.82. The van der Waals surface area contributed by atoms with Crippen molar-refractivity contribution in [2.75, 3.05) is 26.1 Å². The van der Waals surface area contributed by atoms with Gasteiger partial charge in [-0.05, 0) is 24.0 Å². The van der Waals surface area contributed by atoms with Crippen LogP contribution in [0.1, 0.15) is 12.5 Å². The molecule has 0 aliphatic carbocycles. The molecule has 0 saturated carbocycles. The molecule has 1 aliphatic heterocycles. The van der Waals surface area contributed by atoms with Gasteiger partial charge in [-0.15, -0.1) is 0 Å². The van der Waals surface area contributed by atoms with E-state index < -0.39 is 0 Å². The van der Waals surface area contributed by atoms with Gasteiger partial charge in [0.05, 0.1) is 14.2 Å². The number of ether oxygens (including phenoxy) is 2. The first-order valence-corrected chi connectivity index (χ1v) is 5.23. The van der Waals surface area contributed by atoms with Crippen LogP contribution in [-0.4, -0.2) is 20.8 Å². The molecule has 82 valence electrons. The molecule has 0 aromatic heterocycles. The van der Waals surface area contributed by atoms with E-state index in [1.165, 1.54) is 11.3 Å². The van der Waals surface area contributed by atoms with Crippen LogP contribution >= 0.6 is 0 Å². The Hall–Kier alpha value is -1.38. The normalized spacial score (nSPS) is 19.0. The Balaban J connectivity index is 2.41. The van der Waals surface area contributed by atoms with Gasteiger partial charge >= 0.3 is 0 Å². The first-order chi connectivity index (χ1) is 7.24. The Morgan fingerprint density at radius 2 is 1.87 bits per heavy atom. The van der Waals surface area contributed by atoms with E-state index >= 15 is 0 Å². The maximum atomic E-state index is 5.28. The summed E-state index contributed by atoms with van der Waals surface area (Å²) in [5.41, 5.74) is 2.48. The van der Waals surface area contributed by atoms with Gasteiger partial charge < -0.3 is 14.8 Å². The number of anilines is 1. The van der Waals surface area contributed by atoms with Crippen LogP contribution < -0.4 is 14.8 Å². The van der Waals surface area contributed by atoms with Crippen LogP contribution in [-0.2, 0) is 6.42 Å². The Morgan fingerprint density at radius 3 is 2.53 bits per heavy atom. The van der Waals surface area contributed by atoms with Crippen LogP contribution in [0, 0.1) is 5.92 Å². The van der Waals surface area contributed by atoms with Crippen molar-refractivity contribution in [3.8, 4) is 11.5 Å². The molecule has 1 heterocycles. The molecule has 0 amide bonds. The topological polar surface area (TPSA) is 30.5 Å². The highest BCUT2D eigenvalue weighted by Gasteiger charge is 2.17. The van der Waals surface area contributed by atoms with Crippen molar-refractivity contribution in [2.24, 2.45) is 5.92 Å². The molecule has 0 fully saturated rings. The molecule has 3 heteroatoms. The zero-order chi connectivity index (χ0) is 10.8. The molecule has 0 bridgehead atoms. The average molecular weight is 207 g/mol. The van der Waals surface area contributed by atoms with E-state index in [2.05, 4.69) is 18.3 Å². The second-order valence-electron chi connectivity index (χ2n) is 4.05. The van der Waals surface area contributed by atoms with Gasteiger partial charge in [0.1, 0.15) is 0 Å². The van der Waals surface area contributed by atoms with Gasteiger partial charge in [-0.25, -0.2) is 0 Å². The van der Waals surface area contributed by atoms with Crippen LogP contribution in [0.5, 0.6) is 11.5 Å². The van der Waals surface area contributed by atoms with Crippen molar-refractivity contribution in [2.45, 2.75) is 13.3 Å². The highest BCUT2D eigenvalue weighted by Crippen LogP contribution is 2.36. The Labute approximate surface area is 90.4 Å². The van der Waals surface area contributed by atoms with E-state index in [-0.39, 0.29) is 0 Å². The van der Waals surface area contributed by atoms with Crippen molar-refractivity contribution >= 4 is 5.69 Å². The minimum absolute atomic E-state index is 0.676. The summed E-state index contributed by atoms with van der Waals surface area (Å²) in [6.07, 6.45) is 1.10. The Morgan fingerprint density at radius 1 is 1.20 bits per heavy atom. The summed E-state index contributed by atoms with van der Waals surface area (Å²) >= 11 is 0. The van der Waals surface area contributed by atoms with E-state index in [0.717, 1.165) is 24.5 Å². The minimum Gasteiger partial charge on any atom is -0.493 e. The third kappa shape index (κ3) is 1.87. The summed E-state index contributed by atoms with van der Waals surface area (Å²) in [6.45, 7) is 3.27. The largest absolute Gasteiger partial charge is 0.493 e. The fourth-order valence-corrected chi connectivity index (χ4v) is 1.99. The summed E-state index contributed by atoms with van der Waals surface area (Å²) in [4.78, 5) is 0. The van der Waals surface area contributed by atoms with Gasteiger partial charge in [0.25, 0.3) is 0 Å². The molecule has 0 radical (unpaired) electrons. The summed E-state index contributed by atoms with van der Waals surface area (Å²) in [7, 11) is 3.33. The van der Waals surface area contributed by atoms with Crippen LogP contribution in [0.4, 0.5) is 5.69 Å². The molecule has 3 nitrogen and oxygen atoms in total. The number of nitrogens with one attached hydrogen (secondary N) is 1. The second-order valence-corrected chi connectivity index (χ2v) is 4.05.